The molecule has 0 amide bonds. The lowest BCUT2D eigenvalue weighted by molar-refractivity contribution is 0.401. The summed E-state index contributed by atoms with van der Waals surface area (Å²) in [6.07, 6.45) is 0. The number of rotatable bonds is 2. The summed E-state index contributed by atoms with van der Waals surface area (Å²) in [6.45, 7) is 4.29. The average molecular weight is 207 g/mol. The monoisotopic (exact) mass is 207 g/mol. The highest BCUT2D eigenvalue weighted by molar-refractivity contribution is 5.47. The van der Waals surface area contributed by atoms with Crippen molar-refractivity contribution < 1.29 is 9.84 Å². The molecule has 0 saturated heterocycles. The predicted octanol–water partition coefficient (Wildman–Crippen LogP) is 1.85. The quantitative estimate of drug-likeness (QED) is 0.778. The maximum absolute atomic E-state index is 9.36. The van der Waals surface area contributed by atoms with Crippen LogP contribution in [0.1, 0.15) is 25.3 Å². The summed E-state index contributed by atoms with van der Waals surface area (Å²) in [5, 5.41) is 9.36. The Morgan fingerprint density at radius 2 is 2.00 bits per heavy atom. The van der Waals surface area contributed by atoms with Crippen molar-refractivity contribution in [3.8, 4) is 11.5 Å². The number of aromatic hydroxyl groups is 1. The van der Waals surface area contributed by atoms with Crippen molar-refractivity contribution in [3.63, 3.8) is 0 Å². The molecule has 2 rings (SSSR count). The molecule has 82 valence electrons. The first kappa shape index (κ1) is 10.3. The highest BCUT2D eigenvalue weighted by Crippen LogP contribution is 2.59. The van der Waals surface area contributed by atoms with Crippen molar-refractivity contribution in [2.45, 2.75) is 25.8 Å². The van der Waals surface area contributed by atoms with Gasteiger partial charge in [-0.3, -0.25) is 0 Å². The third-order valence-electron chi connectivity index (χ3n) is 3.46. The van der Waals surface area contributed by atoms with E-state index in [0.29, 0.717) is 5.92 Å². The fourth-order valence-electron chi connectivity index (χ4n) is 2.23. The molecule has 0 aliphatic heterocycles. The standard InChI is InChI=1S/C12H17NO2/c1-12(2)10(11(12)13)8-5-4-7(14)6-9(8)15-3/h4-6,10-11,14H,13H2,1-3H3/t10-,11-/m0/s1. The Balaban J connectivity index is 2.38. The Hall–Kier alpha value is -1.22. The number of ether oxygens (including phenoxy) is 1. The Labute approximate surface area is 89.9 Å². The van der Waals surface area contributed by atoms with Gasteiger partial charge in [0.05, 0.1) is 7.11 Å². The van der Waals surface area contributed by atoms with Crippen LogP contribution in [0.2, 0.25) is 0 Å². The van der Waals surface area contributed by atoms with Crippen molar-refractivity contribution in [3.05, 3.63) is 23.8 Å². The zero-order chi connectivity index (χ0) is 11.2. The molecule has 0 spiro atoms. The molecular formula is C12H17NO2. The predicted molar refractivity (Wildman–Crippen MR) is 59.2 cm³/mol. The molecule has 3 nitrogen and oxygen atoms in total. The van der Waals surface area contributed by atoms with Gasteiger partial charge in [0, 0.05) is 18.0 Å². The van der Waals surface area contributed by atoms with Gasteiger partial charge in [-0.1, -0.05) is 19.9 Å². The molecule has 0 aromatic heterocycles. The molecule has 1 fully saturated rings. The highest BCUT2D eigenvalue weighted by atomic mass is 16.5. The van der Waals surface area contributed by atoms with E-state index in [0.717, 1.165) is 11.3 Å². The van der Waals surface area contributed by atoms with E-state index in [2.05, 4.69) is 13.8 Å². The summed E-state index contributed by atoms with van der Waals surface area (Å²) >= 11 is 0. The highest BCUT2D eigenvalue weighted by Gasteiger charge is 2.57. The zero-order valence-electron chi connectivity index (χ0n) is 9.32. The topological polar surface area (TPSA) is 55.5 Å². The minimum Gasteiger partial charge on any atom is -0.508 e. The maximum atomic E-state index is 9.36. The molecule has 1 saturated carbocycles. The first-order valence-electron chi connectivity index (χ1n) is 5.11. The number of hydrogen-bond acceptors (Lipinski definition) is 3. The number of phenolic OH excluding ortho intramolecular Hbond substituents is 1. The van der Waals surface area contributed by atoms with E-state index in [1.165, 1.54) is 0 Å². The summed E-state index contributed by atoms with van der Waals surface area (Å²) in [4.78, 5) is 0. The minimum atomic E-state index is 0.129. The Morgan fingerprint density at radius 1 is 1.40 bits per heavy atom. The van der Waals surface area contributed by atoms with Gasteiger partial charge in [0.25, 0.3) is 0 Å². The lowest BCUT2D eigenvalue weighted by atomic mass is 10.0. The molecule has 1 aromatic rings. The van der Waals surface area contributed by atoms with Crippen LogP contribution in [-0.4, -0.2) is 18.3 Å². The van der Waals surface area contributed by atoms with Gasteiger partial charge < -0.3 is 15.6 Å². The van der Waals surface area contributed by atoms with Crippen LogP contribution < -0.4 is 10.5 Å². The average Bonchev–Trinajstić information content (AvgIpc) is 2.67. The summed E-state index contributed by atoms with van der Waals surface area (Å²) < 4.78 is 5.25. The fourth-order valence-corrected chi connectivity index (χ4v) is 2.23. The molecule has 0 unspecified atom stereocenters. The van der Waals surface area contributed by atoms with Crippen LogP contribution in [0.25, 0.3) is 0 Å². The molecule has 3 heteroatoms. The SMILES string of the molecule is COc1cc(O)ccc1[C@H]1[C@H](N)C1(C)C. The number of methoxy groups -OCH3 is 1. The van der Waals surface area contributed by atoms with E-state index < -0.39 is 0 Å². The minimum absolute atomic E-state index is 0.129. The van der Waals surface area contributed by atoms with Crippen LogP contribution in [0, 0.1) is 5.41 Å². The second-order valence-corrected chi connectivity index (χ2v) is 4.75. The van der Waals surface area contributed by atoms with Crippen LogP contribution in [0.4, 0.5) is 0 Å². The van der Waals surface area contributed by atoms with Gasteiger partial charge >= 0.3 is 0 Å². The van der Waals surface area contributed by atoms with E-state index in [1.807, 2.05) is 6.07 Å². The second kappa shape index (κ2) is 3.14. The van der Waals surface area contributed by atoms with Crippen molar-refractivity contribution in [2.75, 3.05) is 7.11 Å². The van der Waals surface area contributed by atoms with Gasteiger partial charge in [-0.25, -0.2) is 0 Å². The molecule has 1 aromatic carbocycles. The fraction of sp³-hybridized carbons (Fsp3) is 0.500. The van der Waals surface area contributed by atoms with Crippen molar-refractivity contribution in [1.29, 1.82) is 0 Å². The van der Waals surface area contributed by atoms with Gasteiger partial charge in [0.2, 0.25) is 0 Å². The third-order valence-corrected chi connectivity index (χ3v) is 3.46. The summed E-state index contributed by atoms with van der Waals surface area (Å²) in [7, 11) is 1.61. The summed E-state index contributed by atoms with van der Waals surface area (Å²) in [5.74, 6) is 1.27. The third kappa shape index (κ3) is 1.47. The number of nitrogens with two attached hydrogens (primary N) is 1. The van der Waals surface area contributed by atoms with Crippen LogP contribution in [0.15, 0.2) is 18.2 Å². The number of phenols is 1. The Bertz CT molecular complexity index is 387. The van der Waals surface area contributed by atoms with E-state index in [-0.39, 0.29) is 17.2 Å². The second-order valence-electron chi connectivity index (χ2n) is 4.75. The molecule has 15 heavy (non-hydrogen) atoms. The molecule has 0 bridgehead atoms. The van der Waals surface area contributed by atoms with Gasteiger partial charge in [-0.05, 0) is 17.0 Å². The van der Waals surface area contributed by atoms with Crippen LogP contribution in [0.3, 0.4) is 0 Å². The summed E-state index contributed by atoms with van der Waals surface area (Å²) in [5.41, 5.74) is 7.24. The Kier molecular flexibility index (Phi) is 2.15. The van der Waals surface area contributed by atoms with E-state index >= 15 is 0 Å². The molecule has 3 N–H and O–H groups in total. The van der Waals surface area contributed by atoms with E-state index in [9.17, 15) is 5.11 Å². The molecular weight excluding hydrogens is 190 g/mol. The number of hydrogen-bond donors (Lipinski definition) is 2. The normalized spacial score (nSPS) is 27.5. The first-order valence-corrected chi connectivity index (χ1v) is 5.11. The molecule has 1 aliphatic carbocycles. The van der Waals surface area contributed by atoms with E-state index in [4.69, 9.17) is 10.5 Å². The smallest absolute Gasteiger partial charge is 0.126 e. The van der Waals surface area contributed by atoms with Crippen LogP contribution in [-0.2, 0) is 0 Å². The number of benzene rings is 1. The van der Waals surface area contributed by atoms with Crippen molar-refractivity contribution >= 4 is 0 Å². The zero-order valence-corrected chi connectivity index (χ0v) is 9.32. The van der Waals surface area contributed by atoms with Crippen molar-refractivity contribution in [2.24, 2.45) is 11.1 Å². The van der Waals surface area contributed by atoms with E-state index in [1.54, 1.807) is 19.2 Å². The maximum Gasteiger partial charge on any atom is 0.126 e. The van der Waals surface area contributed by atoms with Gasteiger partial charge in [0.15, 0.2) is 0 Å². The lowest BCUT2D eigenvalue weighted by Gasteiger charge is -2.09. The van der Waals surface area contributed by atoms with Crippen LogP contribution in [0.5, 0.6) is 11.5 Å². The largest absolute Gasteiger partial charge is 0.508 e. The molecule has 1 aliphatic rings. The summed E-state index contributed by atoms with van der Waals surface area (Å²) in [6, 6.07) is 5.39. The van der Waals surface area contributed by atoms with Gasteiger partial charge in [0.1, 0.15) is 11.5 Å². The molecule has 2 atom stereocenters. The Morgan fingerprint density at radius 3 is 2.47 bits per heavy atom. The molecule has 0 radical (unpaired) electrons. The van der Waals surface area contributed by atoms with Crippen molar-refractivity contribution in [1.82, 2.24) is 0 Å². The van der Waals surface area contributed by atoms with Crippen LogP contribution >= 0.6 is 0 Å². The first-order chi connectivity index (χ1) is 6.98. The van der Waals surface area contributed by atoms with Gasteiger partial charge in [-0.15, -0.1) is 0 Å². The van der Waals surface area contributed by atoms with Gasteiger partial charge in [-0.2, -0.15) is 0 Å². The lowest BCUT2D eigenvalue weighted by Crippen LogP contribution is -2.06. The molecule has 0 heterocycles.